The molecule has 4 nitrogen and oxygen atoms in total. The fourth-order valence-electron chi connectivity index (χ4n) is 0.722. The molecule has 0 unspecified atom stereocenters. The Balaban J connectivity index is 3.07. The number of anilines is 1. The molecule has 50 valence electrons. The van der Waals surface area contributed by atoms with Crippen LogP contribution in [0.2, 0.25) is 0 Å². The lowest BCUT2D eigenvalue weighted by Gasteiger charge is -1.96. The zero-order valence-electron chi connectivity index (χ0n) is 5.33. The van der Waals surface area contributed by atoms with Crippen LogP contribution in [0.15, 0.2) is 6.33 Å². The summed E-state index contributed by atoms with van der Waals surface area (Å²) in [6, 6.07) is 0. The molecule has 1 aromatic rings. The Labute approximate surface area is 53.5 Å². The molecular weight excluding hydrogens is 116 g/mol. The van der Waals surface area contributed by atoms with Crippen LogP contribution in [0.1, 0.15) is 5.69 Å². The second-order valence-electron chi connectivity index (χ2n) is 1.89. The summed E-state index contributed by atoms with van der Waals surface area (Å²) in [4.78, 5) is 3.85. The van der Waals surface area contributed by atoms with Gasteiger partial charge in [-0.25, -0.2) is 4.98 Å². The van der Waals surface area contributed by atoms with Gasteiger partial charge in [-0.3, -0.25) is 0 Å². The number of nitrogens with two attached hydrogens (primary N) is 2. The van der Waals surface area contributed by atoms with Gasteiger partial charge in [-0.1, -0.05) is 0 Å². The van der Waals surface area contributed by atoms with Gasteiger partial charge in [0.15, 0.2) is 0 Å². The average Bonchev–Trinajstić information content (AvgIpc) is 2.12. The van der Waals surface area contributed by atoms with Crippen LogP contribution in [0.25, 0.3) is 0 Å². The number of hydrogen-bond acceptors (Lipinski definition) is 3. The van der Waals surface area contributed by atoms with E-state index in [1.54, 1.807) is 6.33 Å². The number of nitrogens with zero attached hydrogens (tertiary/aromatic N) is 2. The minimum Gasteiger partial charge on any atom is -0.382 e. The van der Waals surface area contributed by atoms with Crippen molar-refractivity contribution in [2.45, 2.75) is 6.54 Å². The van der Waals surface area contributed by atoms with Gasteiger partial charge in [-0.2, -0.15) is 0 Å². The predicted octanol–water partition coefficient (Wildman–Crippen LogP) is -0.539. The number of hydrogen-bond donors (Lipinski definition) is 2. The van der Waals surface area contributed by atoms with Crippen molar-refractivity contribution in [1.82, 2.24) is 9.55 Å². The van der Waals surface area contributed by atoms with Gasteiger partial charge in [0.25, 0.3) is 0 Å². The third-order valence-corrected chi connectivity index (χ3v) is 1.28. The maximum absolute atomic E-state index is 5.44. The molecule has 0 spiro atoms. The summed E-state index contributed by atoms with van der Waals surface area (Å²) in [5.74, 6) is 0.528. The van der Waals surface area contributed by atoms with E-state index in [1.807, 2.05) is 11.6 Å². The minimum absolute atomic E-state index is 0.447. The van der Waals surface area contributed by atoms with E-state index in [0.29, 0.717) is 12.4 Å². The van der Waals surface area contributed by atoms with E-state index < -0.39 is 0 Å². The van der Waals surface area contributed by atoms with Gasteiger partial charge in [-0.15, -0.1) is 0 Å². The molecule has 0 aliphatic heterocycles. The van der Waals surface area contributed by atoms with Gasteiger partial charge in [0.05, 0.1) is 12.0 Å². The van der Waals surface area contributed by atoms with E-state index in [1.165, 1.54) is 0 Å². The molecule has 1 aromatic heterocycles. The SMILES string of the molecule is Cn1cnc(N)c1CN. The standard InChI is InChI=1S/C5H10N4/c1-9-3-8-5(7)4(9)2-6/h3H,2,6-7H2,1H3. The first-order valence-corrected chi connectivity index (χ1v) is 2.71. The number of aromatic nitrogens is 2. The summed E-state index contributed by atoms with van der Waals surface area (Å²) in [6.07, 6.45) is 1.65. The number of nitrogen functional groups attached to an aromatic ring is 1. The first-order chi connectivity index (χ1) is 4.25. The Kier molecular flexibility index (Phi) is 1.40. The average molecular weight is 126 g/mol. The third-order valence-electron chi connectivity index (χ3n) is 1.28. The molecular formula is C5H10N4. The lowest BCUT2D eigenvalue weighted by atomic mass is 10.4. The zero-order chi connectivity index (χ0) is 6.85. The van der Waals surface area contributed by atoms with Gasteiger partial charge >= 0.3 is 0 Å². The minimum atomic E-state index is 0.447. The maximum atomic E-state index is 5.44. The first-order valence-electron chi connectivity index (χ1n) is 2.71. The highest BCUT2D eigenvalue weighted by Gasteiger charge is 2.00. The molecule has 0 saturated heterocycles. The zero-order valence-corrected chi connectivity index (χ0v) is 5.33. The van der Waals surface area contributed by atoms with E-state index in [4.69, 9.17) is 11.5 Å². The second-order valence-corrected chi connectivity index (χ2v) is 1.89. The Morgan fingerprint density at radius 2 is 2.44 bits per heavy atom. The van der Waals surface area contributed by atoms with Crippen LogP contribution < -0.4 is 11.5 Å². The fourth-order valence-corrected chi connectivity index (χ4v) is 0.722. The third kappa shape index (κ3) is 0.882. The smallest absolute Gasteiger partial charge is 0.146 e. The molecule has 0 aliphatic carbocycles. The van der Waals surface area contributed by atoms with Gasteiger partial charge in [-0.05, 0) is 0 Å². The van der Waals surface area contributed by atoms with Crippen molar-refractivity contribution in [1.29, 1.82) is 0 Å². The van der Waals surface area contributed by atoms with Gasteiger partial charge in [0.1, 0.15) is 5.82 Å². The highest BCUT2D eigenvalue weighted by Crippen LogP contribution is 2.04. The van der Waals surface area contributed by atoms with Crippen molar-refractivity contribution in [3.05, 3.63) is 12.0 Å². The van der Waals surface area contributed by atoms with Gasteiger partial charge in [0.2, 0.25) is 0 Å². The topological polar surface area (TPSA) is 69.9 Å². The van der Waals surface area contributed by atoms with Crippen LogP contribution in [0.4, 0.5) is 5.82 Å². The molecule has 4 N–H and O–H groups in total. The van der Waals surface area contributed by atoms with Crippen molar-refractivity contribution in [3.8, 4) is 0 Å². The van der Waals surface area contributed by atoms with Crippen LogP contribution in [0, 0.1) is 0 Å². The molecule has 0 atom stereocenters. The summed E-state index contributed by atoms with van der Waals surface area (Å²) in [5.41, 5.74) is 11.7. The van der Waals surface area contributed by atoms with Crippen LogP contribution in [0.3, 0.4) is 0 Å². The Hall–Kier alpha value is -1.03. The highest BCUT2D eigenvalue weighted by molar-refractivity contribution is 5.34. The predicted molar refractivity (Wildman–Crippen MR) is 35.5 cm³/mol. The van der Waals surface area contributed by atoms with Crippen molar-refractivity contribution in [3.63, 3.8) is 0 Å². The molecule has 0 amide bonds. The molecule has 0 aromatic carbocycles. The van der Waals surface area contributed by atoms with Crippen molar-refractivity contribution < 1.29 is 0 Å². The van der Waals surface area contributed by atoms with Crippen molar-refractivity contribution in [2.24, 2.45) is 12.8 Å². The largest absolute Gasteiger partial charge is 0.382 e. The Morgan fingerprint density at radius 1 is 1.78 bits per heavy atom. The van der Waals surface area contributed by atoms with Crippen molar-refractivity contribution >= 4 is 5.82 Å². The fraction of sp³-hybridized carbons (Fsp3) is 0.400. The van der Waals surface area contributed by atoms with Gasteiger partial charge in [0, 0.05) is 13.6 Å². The molecule has 0 saturated carbocycles. The van der Waals surface area contributed by atoms with Gasteiger partial charge < -0.3 is 16.0 Å². The first kappa shape index (κ1) is 6.10. The van der Waals surface area contributed by atoms with E-state index >= 15 is 0 Å². The molecule has 0 radical (unpaired) electrons. The summed E-state index contributed by atoms with van der Waals surface area (Å²) in [7, 11) is 1.87. The summed E-state index contributed by atoms with van der Waals surface area (Å²) >= 11 is 0. The summed E-state index contributed by atoms with van der Waals surface area (Å²) < 4.78 is 1.81. The maximum Gasteiger partial charge on any atom is 0.146 e. The molecule has 1 rings (SSSR count). The monoisotopic (exact) mass is 126 g/mol. The Bertz CT molecular complexity index is 183. The number of aryl methyl sites for hydroxylation is 1. The number of rotatable bonds is 1. The Morgan fingerprint density at radius 3 is 2.67 bits per heavy atom. The van der Waals surface area contributed by atoms with E-state index in [0.717, 1.165) is 5.69 Å². The molecule has 0 bridgehead atoms. The van der Waals surface area contributed by atoms with Crippen LogP contribution in [-0.4, -0.2) is 9.55 Å². The van der Waals surface area contributed by atoms with E-state index in [2.05, 4.69) is 4.98 Å². The quantitative estimate of drug-likeness (QED) is 0.531. The lowest BCUT2D eigenvalue weighted by Crippen LogP contribution is -2.05. The number of imidazole rings is 1. The molecule has 1 heterocycles. The normalized spacial score (nSPS) is 10.0. The van der Waals surface area contributed by atoms with E-state index in [9.17, 15) is 0 Å². The van der Waals surface area contributed by atoms with Crippen LogP contribution >= 0.6 is 0 Å². The van der Waals surface area contributed by atoms with E-state index in [-0.39, 0.29) is 0 Å². The summed E-state index contributed by atoms with van der Waals surface area (Å²) in [6.45, 7) is 0.447. The van der Waals surface area contributed by atoms with Crippen molar-refractivity contribution in [2.75, 3.05) is 5.73 Å². The molecule has 4 heteroatoms. The lowest BCUT2D eigenvalue weighted by molar-refractivity contribution is 0.822. The molecule has 0 fully saturated rings. The van der Waals surface area contributed by atoms with Crippen LogP contribution in [0.5, 0.6) is 0 Å². The molecule has 0 aliphatic rings. The summed E-state index contributed by atoms with van der Waals surface area (Å²) in [5, 5.41) is 0. The van der Waals surface area contributed by atoms with Crippen LogP contribution in [-0.2, 0) is 13.6 Å². The second kappa shape index (κ2) is 2.06. The highest BCUT2D eigenvalue weighted by atomic mass is 15.1. The molecule has 9 heavy (non-hydrogen) atoms.